The van der Waals surface area contributed by atoms with Crippen molar-refractivity contribution in [2.24, 2.45) is 5.92 Å². The van der Waals surface area contributed by atoms with Gasteiger partial charge in [-0.1, -0.05) is 20.3 Å². The lowest BCUT2D eigenvalue weighted by atomic mass is 9.98. The molecule has 0 aliphatic heterocycles. The minimum absolute atomic E-state index is 0.176. The van der Waals surface area contributed by atoms with Crippen LogP contribution >= 0.6 is 0 Å². The number of hydrogen-bond acceptors (Lipinski definition) is 7. The van der Waals surface area contributed by atoms with Crippen molar-refractivity contribution in [2.75, 3.05) is 13.2 Å². The topological polar surface area (TPSA) is 150 Å². The SMILES string of the molecule is CC[C@H](C)[C@H](NCC(O)C(O)C(O)C(O)CO)C(=O)O. The van der Waals surface area contributed by atoms with Crippen LogP contribution < -0.4 is 5.32 Å². The lowest BCUT2D eigenvalue weighted by molar-refractivity contribution is -0.141. The van der Waals surface area contributed by atoms with E-state index in [4.69, 9.17) is 15.3 Å². The van der Waals surface area contributed by atoms with Crippen LogP contribution in [0.3, 0.4) is 0 Å². The van der Waals surface area contributed by atoms with Crippen molar-refractivity contribution >= 4 is 5.97 Å². The van der Waals surface area contributed by atoms with Crippen molar-refractivity contribution in [1.29, 1.82) is 0 Å². The number of aliphatic carboxylic acids is 1. The molecule has 0 heterocycles. The van der Waals surface area contributed by atoms with Gasteiger partial charge in [0.1, 0.15) is 24.4 Å². The molecule has 0 aromatic heterocycles. The number of aliphatic hydroxyl groups is 5. The third-order valence-corrected chi connectivity index (χ3v) is 3.35. The molecule has 120 valence electrons. The summed E-state index contributed by atoms with van der Waals surface area (Å²) in [5.74, 6) is -1.25. The van der Waals surface area contributed by atoms with E-state index in [2.05, 4.69) is 5.32 Å². The number of carboxylic acids is 1. The maximum atomic E-state index is 11.0. The standard InChI is InChI=1S/C12H25NO7/c1-3-6(2)9(12(19)20)13-4-7(15)10(17)11(18)8(16)5-14/h6-11,13-18H,3-5H2,1-2H3,(H,19,20)/t6-,7?,8?,9-,10?,11?/m0/s1. The minimum Gasteiger partial charge on any atom is -0.480 e. The van der Waals surface area contributed by atoms with E-state index in [0.717, 1.165) is 0 Å². The van der Waals surface area contributed by atoms with Crippen molar-refractivity contribution in [3.05, 3.63) is 0 Å². The van der Waals surface area contributed by atoms with Crippen LogP contribution in [0, 0.1) is 5.92 Å². The number of aliphatic hydroxyl groups excluding tert-OH is 5. The lowest BCUT2D eigenvalue weighted by Crippen LogP contribution is -2.52. The first-order chi connectivity index (χ1) is 9.26. The lowest BCUT2D eigenvalue weighted by Gasteiger charge is -2.27. The predicted octanol–water partition coefficient (Wildman–Crippen LogP) is -2.49. The molecule has 0 aliphatic rings. The molecule has 8 nitrogen and oxygen atoms in total. The quantitative estimate of drug-likeness (QED) is 0.234. The Labute approximate surface area is 117 Å². The van der Waals surface area contributed by atoms with Gasteiger partial charge in [0.25, 0.3) is 0 Å². The summed E-state index contributed by atoms with van der Waals surface area (Å²) in [5.41, 5.74) is 0. The zero-order valence-electron chi connectivity index (χ0n) is 11.7. The van der Waals surface area contributed by atoms with Crippen LogP contribution in [0.4, 0.5) is 0 Å². The van der Waals surface area contributed by atoms with Crippen LogP contribution in [0.15, 0.2) is 0 Å². The fraction of sp³-hybridized carbons (Fsp3) is 0.917. The fourth-order valence-corrected chi connectivity index (χ4v) is 1.70. The number of hydrogen-bond donors (Lipinski definition) is 7. The highest BCUT2D eigenvalue weighted by molar-refractivity contribution is 5.73. The van der Waals surface area contributed by atoms with Gasteiger partial charge in [-0.15, -0.1) is 0 Å². The van der Waals surface area contributed by atoms with Gasteiger partial charge in [-0.2, -0.15) is 0 Å². The maximum Gasteiger partial charge on any atom is 0.320 e. The molecule has 7 N–H and O–H groups in total. The van der Waals surface area contributed by atoms with Gasteiger partial charge in [0.15, 0.2) is 0 Å². The van der Waals surface area contributed by atoms with Crippen LogP contribution in [0.5, 0.6) is 0 Å². The van der Waals surface area contributed by atoms with E-state index < -0.39 is 43.0 Å². The predicted molar refractivity (Wildman–Crippen MR) is 70.0 cm³/mol. The van der Waals surface area contributed by atoms with E-state index in [1.54, 1.807) is 6.92 Å². The van der Waals surface area contributed by atoms with Crippen molar-refractivity contribution in [3.8, 4) is 0 Å². The number of nitrogens with one attached hydrogen (secondary N) is 1. The molecule has 6 atom stereocenters. The minimum atomic E-state index is -1.72. The molecule has 0 radical (unpaired) electrons. The van der Waals surface area contributed by atoms with E-state index >= 15 is 0 Å². The van der Waals surface area contributed by atoms with E-state index in [0.29, 0.717) is 6.42 Å². The van der Waals surface area contributed by atoms with Gasteiger partial charge in [0.05, 0.1) is 12.7 Å². The fourth-order valence-electron chi connectivity index (χ4n) is 1.70. The van der Waals surface area contributed by atoms with E-state index in [1.807, 2.05) is 6.92 Å². The normalized spacial score (nSPS) is 20.8. The first-order valence-corrected chi connectivity index (χ1v) is 6.55. The molecular formula is C12H25NO7. The monoisotopic (exact) mass is 295 g/mol. The molecule has 0 amide bonds. The third kappa shape index (κ3) is 5.70. The second-order valence-corrected chi connectivity index (χ2v) is 4.91. The Kier molecular flexibility index (Phi) is 8.86. The Morgan fingerprint density at radius 1 is 1.10 bits per heavy atom. The smallest absolute Gasteiger partial charge is 0.320 e. The summed E-state index contributed by atoms with van der Waals surface area (Å²) in [6.45, 7) is 2.54. The highest BCUT2D eigenvalue weighted by atomic mass is 16.4. The van der Waals surface area contributed by atoms with Crippen molar-refractivity contribution < 1.29 is 35.4 Å². The second-order valence-electron chi connectivity index (χ2n) is 4.91. The molecule has 20 heavy (non-hydrogen) atoms. The largest absolute Gasteiger partial charge is 0.480 e. The van der Waals surface area contributed by atoms with Crippen LogP contribution in [0.1, 0.15) is 20.3 Å². The Morgan fingerprint density at radius 2 is 1.60 bits per heavy atom. The van der Waals surface area contributed by atoms with E-state index in [9.17, 15) is 20.1 Å². The van der Waals surface area contributed by atoms with Gasteiger partial charge in [0.2, 0.25) is 0 Å². The summed E-state index contributed by atoms with van der Waals surface area (Å²) in [7, 11) is 0. The Balaban J connectivity index is 4.44. The average molecular weight is 295 g/mol. The highest BCUT2D eigenvalue weighted by Gasteiger charge is 2.31. The Hall–Kier alpha value is -0.770. The summed E-state index contributed by atoms with van der Waals surface area (Å²) >= 11 is 0. The molecule has 0 aliphatic carbocycles. The summed E-state index contributed by atoms with van der Waals surface area (Å²) in [6.07, 6.45) is -5.85. The molecule has 0 saturated heterocycles. The average Bonchev–Trinajstić information content (AvgIpc) is 2.43. The maximum absolute atomic E-state index is 11.0. The Morgan fingerprint density at radius 3 is 2.00 bits per heavy atom. The van der Waals surface area contributed by atoms with Crippen molar-refractivity contribution in [3.63, 3.8) is 0 Å². The summed E-state index contributed by atoms with van der Waals surface area (Å²) < 4.78 is 0. The van der Waals surface area contributed by atoms with Crippen LogP contribution in [0.25, 0.3) is 0 Å². The van der Waals surface area contributed by atoms with Gasteiger partial charge in [-0.25, -0.2) is 0 Å². The van der Waals surface area contributed by atoms with E-state index in [1.165, 1.54) is 0 Å². The molecule has 8 heteroatoms. The van der Waals surface area contributed by atoms with Gasteiger partial charge in [-0.05, 0) is 5.92 Å². The summed E-state index contributed by atoms with van der Waals surface area (Å²) in [6, 6.07) is -0.887. The van der Waals surface area contributed by atoms with Crippen molar-refractivity contribution in [2.45, 2.75) is 50.7 Å². The highest BCUT2D eigenvalue weighted by Crippen LogP contribution is 2.09. The number of rotatable bonds is 10. The molecular weight excluding hydrogens is 270 g/mol. The molecule has 0 spiro atoms. The molecule has 0 fully saturated rings. The Bertz CT molecular complexity index is 289. The van der Waals surface area contributed by atoms with Crippen molar-refractivity contribution in [1.82, 2.24) is 5.32 Å². The van der Waals surface area contributed by atoms with Crippen LogP contribution in [-0.4, -0.2) is 80.2 Å². The van der Waals surface area contributed by atoms with Gasteiger partial charge < -0.3 is 36.0 Å². The zero-order valence-corrected chi connectivity index (χ0v) is 11.7. The van der Waals surface area contributed by atoms with Crippen LogP contribution in [-0.2, 0) is 4.79 Å². The molecule has 0 aromatic rings. The van der Waals surface area contributed by atoms with Gasteiger partial charge in [-0.3, -0.25) is 4.79 Å². The molecule has 0 saturated carbocycles. The molecule has 0 bridgehead atoms. The van der Waals surface area contributed by atoms with Crippen LogP contribution in [0.2, 0.25) is 0 Å². The first kappa shape index (κ1) is 19.2. The second kappa shape index (κ2) is 9.22. The number of carbonyl (C=O) groups is 1. The third-order valence-electron chi connectivity index (χ3n) is 3.35. The summed E-state index contributed by atoms with van der Waals surface area (Å²) in [4.78, 5) is 11.0. The zero-order chi connectivity index (χ0) is 15.9. The first-order valence-electron chi connectivity index (χ1n) is 6.55. The summed E-state index contributed by atoms with van der Waals surface area (Å²) in [5, 5.41) is 58.1. The number of carboxylic acid groups (broad SMARTS) is 1. The van der Waals surface area contributed by atoms with Gasteiger partial charge >= 0.3 is 5.97 Å². The van der Waals surface area contributed by atoms with Gasteiger partial charge in [0, 0.05) is 6.54 Å². The van der Waals surface area contributed by atoms with E-state index in [-0.39, 0.29) is 12.5 Å². The molecule has 4 unspecified atom stereocenters. The molecule has 0 aromatic carbocycles. The molecule has 0 rings (SSSR count).